The number of carbonyl (C=O) groups is 1. The van der Waals surface area contributed by atoms with E-state index in [-0.39, 0.29) is 17.7 Å². The first-order valence-electron chi connectivity index (χ1n) is 7.19. The largest absolute Gasteiger partial charge is 0.493 e. The van der Waals surface area contributed by atoms with Crippen LogP contribution in [0.5, 0.6) is 11.5 Å². The maximum Gasteiger partial charge on any atom is 0.203 e. The van der Waals surface area contributed by atoms with Gasteiger partial charge in [-0.2, -0.15) is 10.5 Å². The zero-order valence-electron chi connectivity index (χ0n) is 13.3. The molecule has 2 rings (SSSR count). The number of hydrogen-bond donors (Lipinski definition) is 0. The van der Waals surface area contributed by atoms with Crippen molar-refractivity contribution >= 4 is 11.9 Å². The van der Waals surface area contributed by atoms with Crippen molar-refractivity contribution in [3.63, 3.8) is 0 Å². The van der Waals surface area contributed by atoms with Crippen LogP contribution in [0.25, 0.3) is 6.08 Å². The van der Waals surface area contributed by atoms with E-state index < -0.39 is 11.6 Å². The lowest BCUT2D eigenvalue weighted by Crippen LogP contribution is -2.02. The maximum atomic E-state index is 13.0. The molecular weight excluding hydrogens is 323 g/mol. The van der Waals surface area contributed by atoms with Gasteiger partial charge in [-0.1, -0.05) is 6.07 Å². The number of allylic oxidation sites excluding steroid dienone is 1. The molecule has 2 aromatic rings. The molecule has 0 atom stereocenters. The van der Waals surface area contributed by atoms with Gasteiger partial charge in [-0.25, -0.2) is 4.39 Å². The van der Waals surface area contributed by atoms with Crippen LogP contribution in [-0.2, 0) is 0 Å². The molecule has 0 radical (unpaired) electrons. The first-order valence-corrected chi connectivity index (χ1v) is 7.19. The minimum Gasteiger partial charge on any atom is -0.493 e. The third-order valence-electron chi connectivity index (χ3n) is 3.26. The van der Waals surface area contributed by atoms with Crippen molar-refractivity contribution in [2.24, 2.45) is 0 Å². The summed E-state index contributed by atoms with van der Waals surface area (Å²) in [5.41, 5.74) is 0.669. The van der Waals surface area contributed by atoms with Gasteiger partial charge in [0.25, 0.3) is 0 Å². The number of benzene rings is 2. The Morgan fingerprint density at radius 3 is 2.48 bits per heavy atom. The molecule has 25 heavy (non-hydrogen) atoms. The number of ether oxygens (including phenoxy) is 2. The van der Waals surface area contributed by atoms with Gasteiger partial charge >= 0.3 is 0 Å². The summed E-state index contributed by atoms with van der Waals surface area (Å²) in [6.45, 7) is -0.127. The lowest BCUT2D eigenvalue weighted by atomic mass is 10.0. The van der Waals surface area contributed by atoms with Crippen molar-refractivity contribution < 1.29 is 18.7 Å². The molecule has 0 spiro atoms. The maximum absolute atomic E-state index is 13.0. The monoisotopic (exact) mass is 336 g/mol. The first-order chi connectivity index (χ1) is 12.1. The zero-order chi connectivity index (χ0) is 18.2. The van der Waals surface area contributed by atoms with Crippen molar-refractivity contribution in [1.82, 2.24) is 0 Å². The smallest absolute Gasteiger partial charge is 0.203 e. The lowest BCUT2D eigenvalue weighted by Gasteiger charge is -2.09. The molecule has 0 N–H and O–H groups in total. The van der Waals surface area contributed by atoms with Crippen LogP contribution in [0.3, 0.4) is 0 Å². The highest BCUT2D eigenvalue weighted by Crippen LogP contribution is 2.29. The number of carbonyl (C=O) groups excluding carboxylic acids is 1. The summed E-state index contributed by atoms with van der Waals surface area (Å²) >= 11 is 0. The number of halogens is 1. The van der Waals surface area contributed by atoms with E-state index in [9.17, 15) is 14.4 Å². The second-order valence-corrected chi connectivity index (χ2v) is 4.86. The molecule has 2 aromatic carbocycles. The van der Waals surface area contributed by atoms with Gasteiger partial charge < -0.3 is 9.47 Å². The molecular formula is C19H13FN2O3. The summed E-state index contributed by atoms with van der Waals surface area (Å²) in [7, 11) is 1.44. The summed E-state index contributed by atoms with van der Waals surface area (Å²) in [5.74, 6) is -0.219. The molecule has 6 heteroatoms. The Kier molecular flexibility index (Phi) is 5.86. The van der Waals surface area contributed by atoms with E-state index in [4.69, 9.17) is 14.7 Å². The van der Waals surface area contributed by atoms with Crippen molar-refractivity contribution in [2.75, 3.05) is 13.7 Å². The van der Waals surface area contributed by atoms with Crippen molar-refractivity contribution in [3.05, 3.63) is 65.0 Å². The summed E-state index contributed by atoms with van der Waals surface area (Å²) in [5, 5.41) is 17.8. The number of nitriles is 2. The van der Waals surface area contributed by atoms with Crippen molar-refractivity contribution in [3.8, 4) is 23.6 Å². The molecule has 0 bridgehead atoms. The molecule has 0 aliphatic carbocycles. The van der Waals surface area contributed by atoms with Crippen LogP contribution in [0.15, 0.2) is 48.0 Å². The second-order valence-electron chi connectivity index (χ2n) is 4.86. The van der Waals surface area contributed by atoms with Crippen molar-refractivity contribution in [2.45, 2.75) is 0 Å². The first kappa shape index (κ1) is 17.7. The number of rotatable bonds is 6. The molecule has 0 heterocycles. The standard InChI is InChI=1S/C19H13FN2O3/c1-24-18-11-13(2-7-17(18)25-9-8-21)10-15(12-22)19(23)14-3-5-16(20)6-4-14/h2-7,10-11H,9H2,1H3/b15-10+. The second kappa shape index (κ2) is 8.28. The molecule has 5 nitrogen and oxygen atoms in total. The number of Topliss-reactive ketones (excluding diaryl/α,β-unsaturated/α-hetero) is 1. The minimum atomic E-state index is -0.508. The number of hydrogen-bond acceptors (Lipinski definition) is 5. The SMILES string of the molecule is COc1cc(/C=C(\C#N)C(=O)c2ccc(F)cc2)ccc1OCC#N. The Balaban J connectivity index is 2.33. The van der Waals surface area contributed by atoms with Crippen LogP contribution < -0.4 is 9.47 Å². The lowest BCUT2D eigenvalue weighted by molar-refractivity contribution is 0.104. The van der Waals surface area contributed by atoms with E-state index in [1.165, 1.54) is 25.3 Å². The summed E-state index contributed by atoms with van der Waals surface area (Å²) in [6.07, 6.45) is 1.41. The topological polar surface area (TPSA) is 83.1 Å². The molecule has 0 fully saturated rings. The molecule has 0 saturated carbocycles. The van der Waals surface area contributed by atoms with E-state index in [0.717, 1.165) is 12.1 Å². The van der Waals surface area contributed by atoms with Crippen molar-refractivity contribution in [1.29, 1.82) is 10.5 Å². The van der Waals surface area contributed by atoms with E-state index >= 15 is 0 Å². The van der Waals surface area contributed by atoms with Crippen LogP contribution >= 0.6 is 0 Å². The van der Waals surface area contributed by atoms with Crippen LogP contribution in [0.1, 0.15) is 15.9 Å². The predicted octanol–water partition coefficient (Wildman–Crippen LogP) is 3.53. The van der Waals surface area contributed by atoms with E-state index in [2.05, 4.69) is 0 Å². The van der Waals surface area contributed by atoms with E-state index in [0.29, 0.717) is 17.1 Å². The molecule has 0 amide bonds. The molecule has 0 aliphatic heterocycles. The number of methoxy groups -OCH3 is 1. The quantitative estimate of drug-likeness (QED) is 0.458. The van der Waals surface area contributed by atoms with Gasteiger partial charge in [0.15, 0.2) is 18.1 Å². The average Bonchev–Trinajstić information content (AvgIpc) is 2.64. The highest BCUT2D eigenvalue weighted by Gasteiger charge is 2.13. The van der Waals surface area contributed by atoms with E-state index in [1.54, 1.807) is 18.2 Å². The summed E-state index contributed by atoms with van der Waals surface area (Å²) in [4.78, 5) is 12.3. The molecule has 0 unspecified atom stereocenters. The Bertz CT molecular complexity index is 890. The van der Waals surface area contributed by atoms with Crippen LogP contribution in [-0.4, -0.2) is 19.5 Å². The third kappa shape index (κ3) is 4.43. The Morgan fingerprint density at radius 2 is 1.88 bits per heavy atom. The van der Waals surface area contributed by atoms with Gasteiger partial charge in [0.1, 0.15) is 23.5 Å². The van der Waals surface area contributed by atoms with Gasteiger partial charge in [-0.15, -0.1) is 0 Å². The molecule has 0 aromatic heterocycles. The normalized spacial score (nSPS) is 10.5. The molecule has 0 aliphatic rings. The number of nitrogens with zero attached hydrogens (tertiary/aromatic N) is 2. The van der Waals surface area contributed by atoms with Gasteiger partial charge in [-0.3, -0.25) is 4.79 Å². The zero-order valence-corrected chi connectivity index (χ0v) is 13.3. The predicted molar refractivity (Wildman–Crippen MR) is 88.4 cm³/mol. The summed E-state index contributed by atoms with van der Waals surface area (Å²) < 4.78 is 23.4. The van der Waals surface area contributed by atoms with Gasteiger partial charge in [0.05, 0.1) is 7.11 Å². The molecule has 0 saturated heterocycles. The highest BCUT2D eigenvalue weighted by molar-refractivity contribution is 6.14. The minimum absolute atomic E-state index is 0.0978. The van der Waals surface area contributed by atoms with Crippen LogP contribution in [0.2, 0.25) is 0 Å². The Morgan fingerprint density at radius 1 is 1.16 bits per heavy atom. The number of ketones is 1. The van der Waals surface area contributed by atoms with Crippen LogP contribution in [0.4, 0.5) is 4.39 Å². The summed E-state index contributed by atoms with van der Waals surface area (Å²) in [6, 6.07) is 13.5. The van der Waals surface area contributed by atoms with E-state index in [1.807, 2.05) is 12.1 Å². The highest BCUT2D eigenvalue weighted by atomic mass is 19.1. The third-order valence-corrected chi connectivity index (χ3v) is 3.26. The fraction of sp³-hybridized carbons (Fsp3) is 0.105. The Hall–Kier alpha value is -3.64. The fourth-order valence-corrected chi connectivity index (χ4v) is 2.08. The van der Waals surface area contributed by atoms with Gasteiger partial charge in [0, 0.05) is 5.56 Å². The van der Waals surface area contributed by atoms with Gasteiger partial charge in [-0.05, 0) is 48.0 Å². The average molecular weight is 336 g/mol. The van der Waals surface area contributed by atoms with Gasteiger partial charge in [0.2, 0.25) is 5.78 Å². The Labute approximate surface area is 144 Å². The van der Waals surface area contributed by atoms with Crippen LogP contribution in [0, 0.1) is 28.5 Å². The fourth-order valence-electron chi connectivity index (χ4n) is 2.08. The molecule has 124 valence electrons.